The number of thiophene rings is 1. The average molecular weight is 335 g/mol. The van der Waals surface area contributed by atoms with E-state index in [0.717, 1.165) is 15.9 Å². The number of aliphatic hydroxyl groups is 1. The largest absolute Gasteiger partial charge is 0.393 e. The zero-order chi connectivity index (χ0) is 13.5. The first kappa shape index (κ1) is 15.6. The smallest absolute Gasteiger partial charge is 0.234 e. The normalized spacial score (nSPS) is 12.7. The van der Waals surface area contributed by atoms with Crippen LogP contribution in [0.5, 0.6) is 0 Å². The first-order chi connectivity index (χ1) is 8.47. The van der Waals surface area contributed by atoms with E-state index in [9.17, 15) is 4.79 Å². The van der Waals surface area contributed by atoms with Gasteiger partial charge in [0, 0.05) is 21.3 Å². The predicted octanol–water partition coefficient (Wildman–Crippen LogP) is 1.83. The second-order valence-corrected chi connectivity index (χ2v) is 6.29. The van der Waals surface area contributed by atoms with Gasteiger partial charge in [-0.15, -0.1) is 11.3 Å². The Balaban J connectivity index is 2.20. The van der Waals surface area contributed by atoms with Crippen LogP contribution in [0.4, 0.5) is 0 Å². The van der Waals surface area contributed by atoms with Crippen LogP contribution in [0.15, 0.2) is 15.9 Å². The molecule has 0 spiro atoms. The van der Waals surface area contributed by atoms with Gasteiger partial charge in [-0.3, -0.25) is 9.69 Å². The summed E-state index contributed by atoms with van der Waals surface area (Å²) in [6, 6.07) is 2.00. The molecule has 1 aromatic rings. The van der Waals surface area contributed by atoms with Gasteiger partial charge in [-0.2, -0.15) is 0 Å². The summed E-state index contributed by atoms with van der Waals surface area (Å²) in [7, 11) is 1.88. The molecule has 1 amide bonds. The highest BCUT2D eigenvalue weighted by Crippen LogP contribution is 2.19. The van der Waals surface area contributed by atoms with Crippen molar-refractivity contribution >= 4 is 33.2 Å². The van der Waals surface area contributed by atoms with Crippen LogP contribution in [-0.4, -0.2) is 42.2 Å². The van der Waals surface area contributed by atoms with Crippen LogP contribution in [0.3, 0.4) is 0 Å². The van der Waals surface area contributed by atoms with Crippen LogP contribution in [0, 0.1) is 0 Å². The molecule has 1 heterocycles. The van der Waals surface area contributed by atoms with Gasteiger partial charge < -0.3 is 10.4 Å². The number of nitrogens with one attached hydrogen (secondary N) is 1. The van der Waals surface area contributed by atoms with E-state index in [1.807, 2.05) is 23.4 Å². The van der Waals surface area contributed by atoms with Crippen molar-refractivity contribution in [2.24, 2.45) is 0 Å². The Morgan fingerprint density at radius 3 is 2.94 bits per heavy atom. The van der Waals surface area contributed by atoms with Gasteiger partial charge in [0.2, 0.25) is 5.91 Å². The molecule has 0 saturated heterocycles. The number of hydrogen-bond donors (Lipinski definition) is 2. The standard InChI is InChI=1S/C12H19BrN2O2S/c1-9(16)3-4-15(2)7-12(17)14-6-11-5-10(13)8-18-11/h5,8-9,16H,3-4,6-7H2,1-2H3,(H,14,17). The number of likely N-dealkylation sites (N-methyl/N-ethyl adjacent to an activating group) is 1. The van der Waals surface area contributed by atoms with Gasteiger partial charge in [0.1, 0.15) is 0 Å². The van der Waals surface area contributed by atoms with Crippen molar-refractivity contribution in [3.05, 3.63) is 20.8 Å². The fourth-order valence-electron chi connectivity index (χ4n) is 1.42. The fraction of sp³-hybridized carbons (Fsp3) is 0.583. The Morgan fingerprint density at radius 2 is 2.39 bits per heavy atom. The number of amides is 1. The number of hydrogen-bond acceptors (Lipinski definition) is 4. The first-order valence-electron chi connectivity index (χ1n) is 5.83. The Hall–Kier alpha value is -0.430. The number of carbonyl (C=O) groups is 1. The topological polar surface area (TPSA) is 52.6 Å². The van der Waals surface area contributed by atoms with Crippen LogP contribution in [-0.2, 0) is 11.3 Å². The monoisotopic (exact) mass is 334 g/mol. The lowest BCUT2D eigenvalue weighted by molar-refractivity contribution is -0.122. The second kappa shape index (κ2) is 7.89. The summed E-state index contributed by atoms with van der Waals surface area (Å²) in [6.45, 7) is 3.40. The van der Waals surface area contributed by atoms with E-state index >= 15 is 0 Å². The van der Waals surface area contributed by atoms with Crippen molar-refractivity contribution in [3.63, 3.8) is 0 Å². The third kappa shape index (κ3) is 6.49. The van der Waals surface area contributed by atoms with E-state index in [4.69, 9.17) is 5.11 Å². The number of nitrogens with zero attached hydrogens (tertiary/aromatic N) is 1. The van der Waals surface area contributed by atoms with Crippen molar-refractivity contribution in [2.45, 2.75) is 26.0 Å². The number of carbonyl (C=O) groups excluding carboxylic acids is 1. The lowest BCUT2D eigenvalue weighted by Gasteiger charge is -2.16. The molecule has 0 aliphatic carbocycles. The van der Waals surface area contributed by atoms with Gasteiger partial charge >= 0.3 is 0 Å². The summed E-state index contributed by atoms with van der Waals surface area (Å²) in [5, 5.41) is 14.0. The van der Waals surface area contributed by atoms with Crippen LogP contribution in [0.25, 0.3) is 0 Å². The number of halogens is 1. The van der Waals surface area contributed by atoms with Crippen LogP contribution >= 0.6 is 27.3 Å². The van der Waals surface area contributed by atoms with Crippen molar-refractivity contribution in [1.82, 2.24) is 10.2 Å². The van der Waals surface area contributed by atoms with Crippen molar-refractivity contribution in [3.8, 4) is 0 Å². The summed E-state index contributed by atoms with van der Waals surface area (Å²) < 4.78 is 1.05. The summed E-state index contributed by atoms with van der Waals surface area (Å²) in [5.41, 5.74) is 0. The molecule has 102 valence electrons. The molecule has 1 rings (SSSR count). The molecule has 6 heteroatoms. The van der Waals surface area contributed by atoms with Crippen molar-refractivity contribution in [2.75, 3.05) is 20.1 Å². The highest BCUT2D eigenvalue weighted by atomic mass is 79.9. The summed E-state index contributed by atoms with van der Waals surface area (Å²) >= 11 is 5.00. The Morgan fingerprint density at radius 1 is 1.67 bits per heavy atom. The van der Waals surface area contributed by atoms with Crippen molar-refractivity contribution in [1.29, 1.82) is 0 Å². The molecular formula is C12H19BrN2O2S. The molecule has 0 aliphatic rings. The first-order valence-corrected chi connectivity index (χ1v) is 7.51. The molecule has 0 aliphatic heterocycles. The molecule has 0 aromatic carbocycles. The molecule has 0 radical (unpaired) electrons. The third-order valence-electron chi connectivity index (χ3n) is 2.42. The SMILES string of the molecule is CC(O)CCN(C)CC(=O)NCc1cc(Br)cs1. The summed E-state index contributed by atoms with van der Waals surface area (Å²) in [6.07, 6.45) is 0.362. The molecule has 1 unspecified atom stereocenters. The van der Waals surface area contributed by atoms with Crippen molar-refractivity contribution < 1.29 is 9.90 Å². The molecule has 0 bridgehead atoms. The Kier molecular flexibility index (Phi) is 6.85. The highest BCUT2D eigenvalue weighted by Gasteiger charge is 2.07. The van der Waals surface area contributed by atoms with E-state index < -0.39 is 0 Å². The number of aliphatic hydroxyl groups excluding tert-OH is 1. The molecular weight excluding hydrogens is 316 g/mol. The zero-order valence-electron chi connectivity index (χ0n) is 10.6. The van der Waals surface area contributed by atoms with E-state index in [1.165, 1.54) is 0 Å². The van der Waals surface area contributed by atoms with Gasteiger partial charge in [0.05, 0.1) is 19.2 Å². The molecule has 0 saturated carbocycles. The lowest BCUT2D eigenvalue weighted by atomic mass is 10.3. The molecule has 2 N–H and O–H groups in total. The van der Waals surface area contributed by atoms with Gasteiger partial charge in [0.25, 0.3) is 0 Å². The molecule has 0 fully saturated rings. The summed E-state index contributed by atoms with van der Waals surface area (Å²) in [5.74, 6) is 0.00705. The maximum atomic E-state index is 11.7. The zero-order valence-corrected chi connectivity index (χ0v) is 13.1. The molecule has 1 aromatic heterocycles. The minimum atomic E-state index is -0.320. The molecule has 1 atom stereocenters. The van der Waals surface area contributed by atoms with Crippen LogP contribution in [0.2, 0.25) is 0 Å². The number of rotatable bonds is 7. The van der Waals surface area contributed by atoms with E-state index in [0.29, 0.717) is 19.5 Å². The minimum absolute atomic E-state index is 0.00705. The van der Waals surface area contributed by atoms with Gasteiger partial charge in [-0.1, -0.05) is 0 Å². The quantitative estimate of drug-likeness (QED) is 0.799. The average Bonchev–Trinajstić information content (AvgIpc) is 2.70. The van der Waals surface area contributed by atoms with E-state index in [1.54, 1.807) is 18.3 Å². The third-order valence-corrected chi connectivity index (χ3v) is 4.12. The molecule has 4 nitrogen and oxygen atoms in total. The van der Waals surface area contributed by atoms with Crippen LogP contribution < -0.4 is 5.32 Å². The van der Waals surface area contributed by atoms with Crippen LogP contribution in [0.1, 0.15) is 18.2 Å². The summed E-state index contributed by atoms with van der Waals surface area (Å²) in [4.78, 5) is 14.7. The fourth-order valence-corrected chi connectivity index (χ4v) is 2.81. The Bertz CT molecular complexity index is 382. The van der Waals surface area contributed by atoms with E-state index in [2.05, 4.69) is 21.2 Å². The van der Waals surface area contributed by atoms with E-state index in [-0.39, 0.29) is 12.0 Å². The van der Waals surface area contributed by atoms with Gasteiger partial charge in [-0.05, 0) is 42.4 Å². The Labute approximate surface area is 120 Å². The van der Waals surface area contributed by atoms with Gasteiger partial charge in [0.15, 0.2) is 0 Å². The maximum absolute atomic E-state index is 11.7. The molecule has 18 heavy (non-hydrogen) atoms. The lowest BCUT2D eigenvalue weighted by Crippen LogP contribution is -2.35. The minimum Gasteiger partial charge on any atom is -0.393 e. The highest BCUT2D eigenvalue weighted by molar-refractivity contribution is 9.10. The second-order valence-electron chi connectivity index (χ2n) is 4.38. The van der Waals surface area contributed by atoms with Gasteiger partial charge in [-0.25, -0.2) is 0 Å². The predicted molar refractivity (Wildman–Crippen MR) is 77.7 cm³/mol. The maximum Gasteiger partial charge on any atom is 0.234 e.